The summed E-state index contributed by atoms with van der Waals surface area (Å²) in [6, 6.07) is 17.7. The van der Waals surface area contributed by atoms with E-state index in [1.165, 1.54) is 50.3 Å². The van der Waals surface area contributed by atoms with Gasteiger partial charge in [0.1, 0.15) is 0 Å². The van der Waals surface area contributed by atoms with Gasteiger partial charge in [-0.15, -0.1) is 0 Å². The van der Waals surface area contributed by atoms with Crippen LogP contribution < -0.4 is 0 Å². The minimum atomic E-state index is 0.960. The van der Waals surface area contributed by atoms with Crippen molar-refractivity contribution >= 4 is 0 Å². The van der Waals surface area contributed by atoms with E-state index < -0.39 is 0 Å². The smallest absolute Gasteiger partial charge is 0.0535 e. The van der Waals surface area contributed by atoms with Crippen molar-refractivity contribution in [3.8, 4) is 22.3 Å². The van der Waals surface area contributed by atoms with E-state index in [1.54, 1.807) is 0 Å². The second-order valence-electron chi connectivity index (χ2n) is 6.64. The summed E-state index contributed by atoms with van der Waals surface area (Å²) >= 11 is 0. The normalized spacial score (nSPS) is 12.1. The highest BCUT2D eigenvalue weighted by molar-refractivity contribution is 5.91. The molecule has 0 unspecified atom stereocenters. The third-order valence-electron chi connectivity index (χ3n) is 5.13. The second-order valence-corrected chi connectivity index (χ2v) is 6.64. The lowest BCUT2D eigenvalue weighted by Crippen LogP contribution is -2.04. The van der Waals surface area contributed by atoms with Gasteiger partial charge in [-0.05, 0) is 47.6 Å². The summed E-state index contributed by atoms with van der Waals surface area (Å²) in [7, 11) is 0. The number of aryl methyl sites for hydroxylation is 2. The number of nitrogens with zero attached hydrogens (tertiary/aromatic N) is 1. The first-order valence-corrected chi connectivity index (χ1v) is 8.92. The van der Waals surface area contributed by atoms with E-state index in [0.29, 0.717) is 0 Å². The van der Waals surface area contributed by atoms with Crippen molar-refractivity contribution < 1.29 is 0 Å². The van der Waals surface area contributed by atoms with Crippen molar-refractivity contribution in [3.63, 3.8) is 0 Å². The summed E-state index contributed by atoms with van der Waals surface area (Å²) in [5, 5.41) is 0. The van der Waals surface area contributed by atoms with Gasteiger partial charge in [-0.2, -0.15) is 0 Å². The lowest BCUT2D eigenvalue weighted by molar-refractivity contribution is 0.939. The Balaban J connectivity index is 2.07. The van der Waals surface area contributed by atoms with Gasteiger partial charge in [-0.25, -0.2) is 0 Å². The number of hydrogen-bond donors (Lipinski definition) is 0. The van der Waals surface area contributed by atoms with Crippen LogP contribution in [0.15, 0.2) is 48.5 Å². The maximum Gasteiger partial charge on any atom is 0.0535 e. The number of aromatic nitrogens is 1. The summed E-state index contributed by atoms with van der Waals surface area (Å²) in [5.74, 6) is 0. The molecule has 1 heteroatoms. The first kappa shape index (κ1) is 15.1. The van der Waals surface area contributed by atoms with Gasteiger partial charge in [0, 0.05) is 17.7 Å². The van der Waals surface area contributed by atoms with E-state index in [0.717, 1.165) is 19.3 Å². The fourth-order valence-corrected chi connectivity index (χ4v) is 3.95. The molecule has 4 rings (SSSR count). The van der Waals surface area contributed by atoms with E-state index in [2.05, 4.69) is 69.3 Å². The summed E-state index contributed by atoms with van der Waals surface area (Å²) in [4.78, 5) is 5.06. The van der Waals surface area contributed by atoms with Crippen molar-refractivity contribution in [1.82, 2.24) is 4.98 Å². The Hall–Kier alpha value is -2.41. The standard InChI is InChI=1S/C23H23N/c1-4-18-20(5-2)24-21-14-17-8-6-7-9-19(17)23(21)22(18)16-12-10-15(3)11-13-16/h6-13H,4-5,14H2,1-3H3. The second kappa shape index (κ2) is 5.90. The number of pyridine rings is 1. The Morgan fingerprint density at radius 2 is 1.62 bits per heavy atom. The summed E-state index contributed by atoms with van der Waals surface area (Å²) < 4.78 is 0. The van der Waals surface area contributed by atoms with Crippen LogP contribution in [0.1, 0.15) is 41.9 Å². The molecule has 0 bridgehead atoms. The van der Waals surface area contributed by atoms with Gasteiger partial charge in [0.2, 0.25) is 0 Å². The molecule has 24 heavy (non-hydrogen) atoms. The molecule has 1 aliphatic carbocycles. The Morgan fingerprint density at radius 3 is 2.33 bits per heavy atom. The molecule has 0 fully saturated rings. The van der Waals surface area contributed by atoms with Crippen LogP contribution in [0.25, 0.3) is 22.3 Å². The van der Waals surface area contributed by atoms with Crippen LogP contribution in [-0.2, 0) is 19.3 Å². The molecular weight excluding hydrogens is 290 g/mol. The molecule has 0 N–H and O–H groups in total. The van der Waals surface area contributed by atoms with Crippen LogP contribution in [0, 0.1) is 6.92 Å². The number of hydrogen-bond acceptors (Lipinski definition) is 1. The van der Waals surface area contributed by atoms with Gasteiger partial charge in [-0.1, -0.05) is 67.9 Å². The van der Waals surface area contributed by atoms with Gasteiger partial charge < -0.3 is 0 Å². The average molecular weight is 313 g/mol. The van der Waals surface area contributed by atoms with Crippen molar-refractivity contribution in [1.29, 1.82) is 0 Å². The van der Waals surface area contributed by atoms with Crippen molar-refractivity contribution in [3.05, 3.63) is 76.6 Å². The minimum absolute atomic E-state index is 0.960. The molecular formula is C23H23N. The van der Waals surface area contributed by atoms with E-state index in [4.69, 9.17) is 4.98 Å². The first-order chi connectivity index (χ1) is 11.7. The van der Waals surface area contributed by atoms with E-state index in [-0.39, 0.29) is 0 Å². The average Bonchev–Trinajstić information content (AvgIpc) is 2.99. The zero-order valence-electron chi connectivity index (χ0n) is 14.7. The van der Waals surface area contributed by atoms with Crippen LogP contribution >= 0.6 is 0 Å². The molecule has 0 spiro atoms. The molecule has 0 saturated heterocycles. The Morgan fingerprint density at radius 1 is 0.875 bits per heavy atom. The minimum Gasteiger partial charge on any atom is -0.257 e. The SMILES string of the molecule is CCc1nc2c(c(-c3ccc(C)cc3)c1CC)-c1ccccc1C2. The van der Waals surface area contributed by atoms with Crippen LogP contribution in [0.4, 0.5) is 0 Å². The highest BCUT2D eigenvalue weighted by atomic mass is 14.7. The van der Waals surface area contributed by atoms with E-state index in [1.807, 2.05) is 0 Å². The van der Waals surface area contributed by atoms with Crippen LogP contribution in [-0.4, -0.2) is 4.98 Å². The Kier molecular flexibility index (Phi) is 3.72. The topological polar surface area (TPSA) is 12.9 Å². The van der Waals surface area contributed by atoms with E-state index >= 15 is 0 Å². The van der Waals surface area contributed by atoms with Gasteiger partial charge in [-0.3, -0.25) is 4.98 Å². The van der Waals surface area contributed by atoms with Crippen LogP contribution in [0.2, 0.25) is 0 Å². The van der Waals surface area contributed by atoms with Crippen molar-refractivity contribution in [2.24, 2.45) is 0 Å². The lowest BCUT2D eigenvalue weighted by atomic mass is 9.89. The maximum atomic E-state index is 5.06. The van der Waals surface area contributed by atoms with Crippen LogP contribution in [0.5, 0.6) is 0 Å². The number of rotatable bonds is 3. The number of fused-ring (bicyclic) bond motifs is 3. The fraction of sp³-hybridized carbons (Fsp3) is 0.261. The zero-order valence-corrected chi connectivity index (χ0v) is 14.7. The van der Waals surface area contributed by atoms with Gasteiger partial charge >= 0.3 is 0 Å². The predicted molar refractivity (Wildman–Crippen MR) is 101 cm³/mol. The van der Waals surface area contributed by atoms with Crippen molar-refractivity contribution in [2.75, 3.05) is 0 Å². The van der Waals surface area contributed by atoms with Crippen molar-refractivity contribution in [2.45, 2.75) is 40.0 Å². The molecule has 1 aliphatic rings. The van der Waals surface area contributed by atoms with Crippen LogP contribution in [0.3, 0.4) is 0 Å². The molecule has 0 saturated carbocycles. The quantitative estimate of drug-likeness (QED) is 0.469. The third-order valence-corrected chi connectivity index (χ3v) is 5.13. The maximum absolute atomic E-state index is 5.06. The lowest BCUT2D eigenvalue weighted by Gasteiger charge is -2.18. The largest absolute Gasteiger partial charge is 0.257 e. The highest BCUT2D eigenvalue weighted by Gasteiger charge is 2.26. The monoisotopic (exact) mass is 313 g/mol. The van der Waals surface area contributed by atoms with Gasteiger partial charge in [0.25, 0.3) is 0 Å². The fourth-order valence-electron chi connectivity index (χ4n) is 3.95. The summed E-state index contributed by atoms with van der Waals surface area (Å²) in [6.07, 6.45) is 2.97. The van der Waals surface area contributed by atoms with Gasteiger partial charge in [0.15, 0.2) is 0 Å². The van der Waals surface area contributed by atoms with Gasteiger partial charge in [0.05, 0.1) is 5.69 Å². The molecule has 0 radical (unpaired) electrons. The summed E-state index contributed by atoms with van der Waals surface area (Å²) in [5.41, 5.74) is 12.1. The molecule has 0 atom stereocenters. The Bertz CT molecular complexity index is 904. The zero-order chi connectivity index (χ0) is 16.7. The predicted octanol–water partition coefficient (Wildman–Crippen LogP) is 5.75. The highest BCUT2D eigenvalue weighted by Crippen LogP contribution is 2.44. The third kappa shape index (κ3) is 2.27. The Labute approximate surface area is 144 Å². The molecule has 120 valence electrons. The first-order valence-electron chi connectivity index (χ1n) is 8.92. The van der Waals surface area contributed by atoms with E-state index in [9.17, 15) is 0 Å². The molecule has 1 aromatic heterocycles. The molecule has 0 amide bonds. The molecule has 1 heterocycles. The molecule has 3 aromatic rings. The molecule has 1 nitrogen and oxygen atoms in total. The molecule has 0 aliphatic heterocycles. The number of benzene rings is 2. The molecule has 2 aromatic carbocycles. The summed E-state index contributed by atoms with van der Waals surface area (Å²) in [6.45, 7) is 6.62.